The van der Waals surface area contributed by atoms with Crippen LogP contribution >= 0.6 is 0 Å². The molecule has 3 fully saturated rings. The molecule has 0 bridgehead atoms. The SMILES string of the molecule is CCOc1cc(CN(C=O)C(=O)c2cccc(N3CCN(C4CCN(Cc5ccc(Oc6cc7c(cc6F)c(N6CCC(=O)NC6=O)nn7C)cc5)CC4(F)F)CC3)c2C)ccc1OC.CS(C)(=O)=O. The molecule has 1 aromatic heterocycles. The highest BCUT2D eigenvalue weighted by molar-refractivity contribution is 7.89. The normalized spacial score (nSPS) is 17.6. The first kappa shape index (κ1) is 51.1. The topological polar surface area (TPSA) is 176 Å². The third kappa shape index (κ3) is 12.0. The number of aromatic nitrogens is 2. The number of sulfone groups is 1. The van der Waals surface area contributed by atoms with E-state index in [1.165, 1.54) is 21.7 Å². The summed E-state index contributed by atoms with van der Waals surface area (Å²) in [7, 11) is 0.534. The monoisotopic (exact) mass is 990 g/mol. The van der Waals surface area contributed by atoms with Crippen LogP contribution in [0.5, 0.6) is 23.0 Å². The number of halogens is 3. The van der Waals surface area contributed by atoms with Crippen LogP contribution in [0, 0.1) is 12.7 Å². The molecule has 0 saturated carbocycles. The van der Waals surface area contributed by atoms with Gasteiger partial charge in [0, 0.05) is 94.5 Å². The van der Waals surface area contributed by atoms with E-state index in [9.17, 15) is 27.6 Å². The molecular weight excluding hydrogens is 934 g/mol. The number of aryl methyl sites for hydroxylation is 1. The number of amides is 5. The van der Waals surface area contributed by atoms with Crippen molar-refractivity contribution in [3.05, 3.63) is 101 Å². The molecule has 1 unspecified atom stereocenters. The van der Waals surface area contributed by atoms with E-state index in [2.05, 4.69) is 15.3 Å². The number of imide groups is 2. The number of benzene rings is 4. The van der Waals surface area contributed by atoms with E-state index in [0.29, 0.717) is 97.1 Å². The van der Waals surface area contributed by atoms with Gasteiger partial charge in [0.05, 0.1) is 38.4 Å². The lowest BCUT2D eigenvalue weighted by atomic mass is 9.97. The largest absolute Gasteiger partial charge is 0.493 e. The maximum atomic E-state index is 15.9. The molecule has 1 atom stereocenters. The number of nitrogens with one attached hydrogen (secondary N) is 1. The number of urea groups is 1. The zero-order chi connectivity index (χ0) is 50.5. The number of carbonyl (C=O) groups is 4. The Morgan fingerprint density at radius 2 is 1.64 bits per heavy atom. The van der Waals surface area contributed by atoms with E-state index in [1.54, 1.807) is 73.7 Å². The van der Waals surface area contributed by atoms with Crippen molar-refractivity contribution in [2.24, 2.45) is 7.05 Å². The maximum Gasteiger partial charge on any atom is 0.329 e. The standard InChI is InChI=1S/C47H51F3N8O7.C2H6O2S/c1-5-64-41-23-32(11-14-39(41)63-4)27-57(29-59)45(61)34-7-6-8-37(30(34)2)55-19-21-56(22-20-55)42-15-17-54(28-47(42,49)50)26-31-9-12-33(13-10-31)65-40-25-38-35(24-36(40)48)44(52-53(38)3)58-18-16-43(60)51-46(58)62;1-5(2,3)4/h6-14,23-25,29,42H,5,15-22,26-28H2,1-4H3,(H,51,60,62);1-2H3. The van der Waals surface area contributed by atoms with Gasteiger partial charge in [-0.3, -0.25) is 44.0 Å². The predicted molar refractivity (Wildman–Crippen MR) is 257 cm³/mol. The van der Waals surface area contributed by atoms with E-state index >= 15 is 13.2 Å². The van der Waals surface area contributed by atoms with Gasteiger partial charge in [0.25, 0.3) is 11.8 Å². The number of ether oxygens (including phenoxy) is 3. The minimum Gasteiger partial charge on any atom is -0.493 e. The van der Waals surface area contributed by atoms with Gasteiger partial charge >= 0.3 is 6.03 Å². The quantitative estimate of drug-likeness (QED) is 0.125. The molecule has 1 N–H and O–H groups in total. The fraction of sp³-hybridized carbons (Fsp3) is 0.408. The first-order valence-corrected chi connectivity index (χ1v) is 25.0. The number of methoxy groups -OCH3 is 1. The third-order valence-corrected chi connectivity index (χ3v) is 12.3. The zero-order valence-corrected chi connectivity index (χ0v) is 40.7. The summed E-state index contributed by atoms with van der Waals surface area (Å²) in [6, 6.07) is 18.7. The van der Waals surface area contributed by atoms with Gasteiger partial charge in [0.1, 0.15) is 15.6 Å². The molecule has 70 heavy (non-hydrogen) atoms. The number of hydrogen-bond acceptors (Lipinski definition) is 13. The van der Waals surface area contributed by atoms with Gasteiger partial charge in [0.2, 0.25) is 12.3 Å². The molecule has 0 aliphatic carbocycles. The minimum atomic E-state index is -2.96. The lowest BCUT2D eigenvalue weighted by Crippen LogP contribution is -2.61. The fourth-order valence-electron chi connectivity index (χ4n) is 8.98. The predicted octanol–water partition coefficient (Wildman–Crippen LogP) is 6.16. The van der Waals surface area contributed by atoms with Gasteiger partial charge < -0.3 is 19.1 Å². The van der Waals surface area contributed by atoms with Crippen LogP contribution in [0.25, 0.3) is 10.9 Å². The van der Waals surface area contributed by atoms with Crippen LogP contribution < -0.4 is 29.3 Å². The number of carbonyl (C=O) groups excluding carboxylic acids is 4. The smallest absolute Gasteiger partial charge is 0.329 e. The first-order chi connectivity index (χ1) is 33.3. The summed E-state index contributed by atoms with van der Waals surface area (Å²) in [5.41, 5.74) is 3.93. The van der Waals surface area contributed by atoms with Gasteiger partial charge in [-0.1, -0.05) is 24.3 Å². The van der Waals surface area contributed by atoms with Gasteiger partial charge in [-0.05, 0) is 79.4 Å². The molecule has 0 spiro atoms. The molecule has 0 radical (unpaired) electrons. The Morgan fingerprint density at radius 1 is 0.943 bits per heavy atom. The number of alkyl halides is 2. The van der Waals surface area contributed by atoms with Crippen LogP contribution in [0.2, 0.25) is 0 Å². The van der Waals surface area contributed by atoms with Crippen LogP contribution in [0.15, 0.2) is 72.8 Å². The van der Waals surface area contributed by atoms with Crippen molar-refractivity contribution in [1.82, 2.24) is 29.8 Å². The highest BCUT2D eigenvalue weighted by Gasteiger charge is 2.48. The summed E-state index contributed by atoms with van der Waals surface area (Å²) in [6.07, 6.45) is 3.23. The Hall–Kier alpha value is -6.71. The molecule has 4 aromatic carbocycles. The van der Waals surface area contributed by atoms with Crippen molar-refractivity contribution in [1.29, 1.82) is 0 Å². The number of rotatable bonds is 14. The summed E-state index contributed by atoms with van der Waals surface area (Å²) in [4.78, 5) is 58.2. The number of piperazine rings is 1. The molecule has 4 heterocycles. The second kappa shape index (κ2) is 21.5. The van der Waals surface area contributed by atoms with Crippen molar-refractivity contribution >= 4 is 56.5 Å². The minimum absolute atomic E-state index is 0.0369. The zero-order valence-electron chi connectivity index (χ0n) is 39.9. The van der Waals surface area contributed by atoms with Crippen LogP contribution in [-0.4, -0.2) is 141 Å². The third-order valence-electron chi connectivity index (χ3n) is 12.3. The average molecular weight is 991 g/mol. The highest BCUT2D eigenvalue weighted by Crippen LogP contribution is 2.37. The Balaban J connectivity index is 0.00000137. The van der Waals surface area contributed by atoms with Gasteiger partial charge in [-0.15, -0.1) is 0 Å². The number of fused-ring (bicyclic) bond motifs is 1. The van der Waals surface area contributed by atoms with Crippen molar-refractivity contribution in [2.75, 3.05) is 81.8 Å². The highest BCUT2D eigenvalue weighted by atomic mass is 32.2. The Labute approximate surface area is 404 Å². The van der Waals surface area contributed by atoms with Gasteiger partial charge in [-0.2, -0.15) is 5.10 Å². The van der Waals surface area contributed by atoms with E-state index in [4.69, 9.17) is 14.2 Å². The van der Waals surface area contributed by atoms with Crippen LogP contribution in [0.1, 0.15) is 46.8 Å². The Bertz CT molecular complexity index is 2850. The van der Waals surface area contributed by atoms with Crippen molar-refractivity contribution in [3.8, 4) is 23.0 Å². The number of hydrogen-bond donors (Lipinski definition) is 1. The van der Waals surface area contributed by atoms with E-state index < -0.39 is 46.1 Å². The Kier molecular flexibility index (Phi) is 15.7. The lowest BCUT2D eigenvalue weighted by molar-refractivity contribution is -0.129. The molecule has 3 aliphatic heterocycles. The molecule has 5 aromatic rings. The molecular formula is C49H57F3N8O9S. The fourth-order valence-corrected chi connectivity index (χ4v) is 8.98. The first-order valence-electron chi connectivity index (χ1n) is 22.7. The van der Waals surface area contributed by atoms with Crippen molar-refractivity contribution < 1.29 is 55.0 Å². The molecule has 3 aliphatic rings. The molecule has 5 amide bonds. The lowest BCUT2D eigenvalue weighted by Gasteiger charge is -2.47. The van der Waals surface area contributed by atoms with Gasteiger partial charge in [0.15, 0.2) is 28.9 Å². The summed E-state index contributed by atoms with van der Waals surface area (Å²) in [6.45, 7) is 6.49. The number of likely N-dealkylation sites (tertiary alicyclic amines) is 1. The molecule has 8 rings (SSSR count). The van der Waals surface area contributed by atoms with Crippen LogP contribution in [0.4, 0.5) is 29.5 Å². The second-order valence-corrected chi connectivity index (χ2v) is 19.9. The average Bonchev–Trinajstić information content (AvgIpc) is 3.61. The summed E-state index contributed by atoms with van der Waals surface area (Å²) in [5, 5.41) is 7.03. The molecule has 3 saturated heterocycles. The summed E-state index contributed by atoms with van der Waals surface area (Å²) < 4.78 is 85.0. The summed E-state index contributed by atoms with van der Waals surface area (Å²) >= 11 is 0. The van der Waals surface area contributed by atoms with Crippen molar-refractivity contribution in [3.63, 3.8) is 0 Å². The molecule has 21 heteroatoms. The number of piperidine rings is 1. The van der Waals surface area contributed by atoms with E-state index in [0.717, 1.165) is 28.7 Å². The van der Waals surface area contributed by atoms with Crippen LogP contribution in [0.3, 0.4) is 0 Å². The second-order valence-electron chi connectivity index (χ2n) is 17.6. The Morgan fingerprint density at radius 3 is 2.29 bits per heavy atom. The maximum absolute atomic E-state index is 15.9. The van der Waals surface area contributed by atoms with Crippen molar-refractivity contribution in [2.45, 2.75) is 51.7 Å². The summed E-state index contributed by atoms with van der Waals surface area (Å²) in [5.74, 6) is -2.88. The molecule has 374 valence electrons. The number of nitrogens with zero attached hydrogens (tertiary/aromatic N) is 7. The van der Waals surface area contributed by atoms with E-state index in [-0.39, 0.29) is 43.4 Å². The number of anilines is 2. The van der Waals surface area contributed by atoms with E-state index in [1.807, 2.05) is 24.8 Å². The van der Waals surface area contributed by atoms with Gasteiger partial charge in [-0.25, -0.2) is 26.4 Å². The van der Waals surface area contributed by atoms with Crippen LogP contribution in [-0.2, 0) is 39.6 Å². The molecule has 17 nitrogen and oxygen atoms in total.